The lowest BCUT2D eigenvalue weighted by atomic mass is 10.0. The predicted molar refractivity (Wildman–Crippen MR) is 81.8 cm³/mol. The molecule has 21 heavy (non-hydrogen) atoms. The molecular weight excluding hydrogens is 289 g/mol. The number of halogens is 2. The van der Waals surface area contributed by atoms with Gasteiger partial charge in [-0.2, -0.15) is 0 Å². The maximum Gasteiger partial charge on any atom is 0.142 e. The van der Waals surface area contributed by atoms with Crippen LogP contribution in [0.1, 0.15) is 17.4 Å². The second kappa shape index (κ2) is 5.80. The van der Waals surface area contributed by atoms with Gasteiger partial charge in [0, 0.05) is 11.8 Å². The average molecular weight is 302 g/mol. The van der Waals surface area contributed by atoms with Gasteiger partial charge in [-0.3, -0.25) is 4.98 Å². The van der Waals surface area contributed by atoms with Crippen LogP contribution in [0, 0.1) is 5.82 Å². The Morgan fingerprint density at radius 1 is 1.05 bits per heavy atom. The van der Waals surface area contributed by atoms with E-state index in [-0.39, 0.29) is 11.4 Å². The van der Waals surface area contributed by atoms with Gasteiger partial charge in [0.1, 0.15) is 11.9 Å². The smallest absolute Gasteiger partial charge is 0.142 e. The summed E-state index contributed by atoms with van der Waals surface area (Å²) in [6, 6.07) is 16.0. The van der Waals surface area contributed by atoms with Gasteiger partial charge in [0.15, 0.2) is 0 Å². The molecule has 0 radical (unpaired) electrons. The zero-order chi connectivity index (χ0) is 14.8. The van der Waals surface area contributed by atoms with Gasteiger partial charge >= 0.3 is 0 Å². The Morgan fingerprint density at radius 2 is 1.86 bits per heavy atom. The molecule has 1 N–H and O–H groups in total. The molecule has 1 heterocycles. The van der Waals surface area contributed by atoms with Crippen molar-refractivity contribution >= 4 is 22.5 Å². The molecule has 0 saturated carbocycles. The van der Waals surface area contributed by atoms with E-state index in [4.69, 9.17) is 11.6 Å². The maximum absolute atomic E-state index is 13.4. The molecule has 0 fully saturated rings. The third-order valence-corrected chi connectivity index (χ3v) is 3.83. The summed E-state index contributed by atoms with van der Waals surface area (Å²) in [6.45, 7) is 0. The first kappa shape index (κ1) is 14.0. The van der Waals surface area contributed by atoms with Crippen LogP contribution in [0.3, 0.4) is 0 Å². The number of hydrogen-bond acceptors (Lipinski definition) is 2. The lowest BCUT2D eigenvalue weighted by Crippen LogP contribution is -2.05. The number of benzene rings is 2. The van der Waals surface area contributed by atoms with Crippen LogP contribution in [0.2, 0.25) is 5.02 Å². The number of hydrogen-bond donors (Lipinski definition) is 1. The highest BCUT2D eigenvalue weighted by atomic mass is 35.5. The fourth-order valence-electron chi connectivity index (χ4n) is 2.29. The van der Waals surface area contributed by atoms with Gasteiger partial charge in [0.2, 0.25) is 0 Å². The van der Waals surface area contributed by atoms with Crippen molar-refractivity contribution in [1.29, 1.82) is 0 Å². The van der Waals surface area contributed by atoms with E-state index in [0.29, 0.717) is 11.3 Å². The Balaban J connectivity index is 1.89. The normalized spacial score (nSPS) is 12.5. The van der Waals surface area contributed by atoms with Crippen molar-refractivity contribution in [3.05, 3.63) is 76.7 Å². The van der Waals surface area contributed by atoms with Crippen molar-refractivity contribution in [2.24, 2.45) is 0 Å². The molecule has 2 aromatic carbocycles. The first-order valence-corrected chi connectivity index (χ1v) is 6.99. The summed E-state index contributed by atoms with van der Waals surface area (Å²) < 4.78 is 13.4. The van der Waals surface area contributed by atoms with Crippen molar-refractivity contribution in [1.82, 2.24) is 4.98 Å². The van der Waals surface area contributed by atoms with Gasteiger partial charge in [-0.05, 0) is 23.8 Å². The number of aliphatic hydroxyl groups excluding tert-OH is 1. The van der Waals surface area contributed by atoms with Crippen LogP contribution in [-0.2, 0) is 6.42 Å². The molecule has 0 aliphatic heterocycles. The standard InChI is InChI=1S/C17H13ClFNO/c18-17-12(5-3-6-13(17)19)10-16(21)15-9-8-11-4-1-2-7-14(11)20-15/h1-9,16,21H,10H2. The van der Waals surface area contributed by atoms with Crippen LogP contribution < -0.4 is 0 Å². The van der Waals surface area contributed by atoms with Gasteiger partial charge in [0.05, 0.1) is 16.2 Å². The zero-order valence-corrected chi connectivity index (χ0v) is 11.9. The highest BCUT2D eigenvalue weighted by Crippen LogP contribution is 2.25. The lowest BCUT2D eigenvalue weighted by Gasteiger charge is -2.12. The minimum atomic E-state index is -0.825. The van der Waals surface area contributed by atoms with Gasteiger partial charge in [-0.15, -0.1) is 0 Å². The molecule has 0 aliphatic carbocycles. The zero-order valence-electron chi connectivity index (χ0n) is 11.1. The molecule has 0 bridgehead atoms. The molecule has 1 atom stereocenters. The third kappa shape index (κ3) is 2.89. The number of nitrogens with zero attached hydrogens (tertiary/aromatic N) is 1. The quantitative estimate of drug-likeness (QED) is 0.782. The van der Waals surface area contributed by atoms with E-state index in [1.54, 1.807) is 18.2 Å². The molecular formula is C17H13ClFNO. The fraction of sp³-hybridized carbons (Fsp3) is 0.118. The van der Waals surface area contributed by atoms with Gasteiger partial charge in [-0.1, -0.05) is 48.0 Å². The summed E-state index contributed by atoms with van der Waals surface area (Å²) in [5.41, 5.74) is 1.94. The molecule has 2 nitrogen and oxygen atoms in total. The second-order valence-electron chi connectivity index (χ2n) is 4.86. The number of aromatic nitrogens is 1. The Morgan fingerprint density at radius 3 is 2.71 bits per heavy atom. The Bertz CT molecular complexity index is 791. The van der Waals surface area contributed by atoms with Crippen LogP contribution in [0.4, 0.5) is 4.39 Å². The Labute approximate surface area is 126 Å². The van der Waals surface area contributed by atoms with E-state index in [2.05, 4.69) is 4.98 Å². The third-order valence-electron chi connectivity index (χ3n) is 3.41. The van der Waals surface area contributed by atoms with Gasteiger partial charge < -0.3 is 5.11 Å². The van der Waals surface area contributed by atoms with Crippen molar-refractivity contribution in [2.45, 2.75) is 12.5 Å². The summed E-state index contributed by atoms with van der Waals surface area (Å²) in [6.07, 6.45) is -0.601. The molecule has 1 aromatic heterocycles. The first-order valence-electron chi connectivity index (χ1n) is 6.62. The summed E-state index contributed by atoms with van der Waals surface area (Å²) in [5, 5.41) is 11.4. The Hall–Kier alpha value is -1.97. The summed E-state index contributed by atoms with van der Waals surface area (Å²) in [7, 11) is 0. The highest BCUT2D eigenvalue weighted by molar-refractivity contribution is 6.31. The number of para-hydroxylation sites is 1. The van der Waals surface area contributed by atoms with Crippen molar-refractivity contribution in [3.8, 4) is 0 Å². The molecule has 106 valence electrons. The first-order chi connectivity index (χ1) is 10.1. The van der Waals surface area contributed by atoms with E-state index in [1.165, 1.54) is 6.07 Å². The molecule has 0 aliphatic rings. The number of aliphatic hydroxyl groups is 1. The molecule has 0 amide bonds. The predicted octanol–water partition coefficient (Wildman–Crippen LogP) is 4.30. The minimum absolute atomic E-state index is 0.0531. The minimum Gasteiger partial charge on any atom is -0.386 e. The monoisotopic (exact) mass is 301 g/mol. The van der Waals surface area contributed by atoms with E-state index < -0.39 is 11.9 Å². The van der Waals surface area contributed by atoms with Crippen molar-refractivity contribution in [2.75, 3.05) is 0 Å². The lowest BCUT2D eigenvalue weighted by molar-refractivity contribution is 0.174. The molecule has 3 rings (SSSR count). The van der Waals surface area contributed by atoms with Crippen LogP contribution >= 0.6 is 11.6 Å². The van der Waals surface area contributed by atoms with Crippen molar-refractivity contribution < 1.29 is 9.50 Å². The summed E-state index contributed by atoms with van der Waals surface area (Å²) in [5.74, 6) is -0.479. The molecule has 4 heteroatoms. The van der Waals surface area contributed by atoms with Gasteiger partial charge in [0.25, 0.3) is 0 Å². The topological polar surface area (TPSA) is 33.1 Å². The number of fused-ring (bicyclic) bond motifs is 1. The van der Waals surface area contributed by atoms with Gasteiger partial charge in [-0.25, -0.2) is 4.39 Å². The largest absolute Gasteiger partial charge is 0.386 e. The van der Waals surface area contributed by atoms with Crippen LogP contribution in [0.15, 0.2) is 54.6 Å². The Kier molecular flexibility index (Phi) is 3.86. The molecule has 0 saturated heterocycles. The van der Waals surface area contributed by atoms with E-state index in [0.717, 1.165) is 10.9 Å². The summed E-state index contributed by atoms with van der Waals surface area (Å²) in [4.78, 5) is 4.44. The van der Waals surface area contributed by atoms with E-state index in [9.17, 15) is 9.50 Å². The molecule has 0 spiro atoms. The van der Waals surface area contributed by atoms with Crippen LogP contribution in [0.5, 0.6) is 0 Å². The average Bonchev–Trinajstić information content (AvgIpc) is 2.51. The van der Waals surface area contributed by atoms with Crippen LogP contribution in [0.25, 0.3) is 10.9 Å². The molecule has 3 aromatic rings. The van der Waals surface area contributed by atoms with E-state index in [1.807, 2.05) is 30.3 Å². The maximum atomic E-state index is 13.4. The highest BCUT2D eigenvalue weighted by Gasteiger charge is 2.14. The van der Waals surface area contributed by atoms with Crippen molar-refractivity contribution in [3.63, 3.8) is 0 Å². The molecule has 1 unspecified atom stereocenters. The van der Waals surface area contributed by atoms with Crippen LogP contribution in [-0.4, -0.2) is 10.1 Å². The fourth-order valence-corrected chi connectivity index (χ4v) is 2.49. The number of pyridine rings is 1. The summed E-state index contributed by atoms with van der Waals surface area (Å²) >= 11 is 5.91. The van der Waals surface area contributed by atoms with E-state index >= 15 is 0 Å². The second-order valence-corrected chi connectivity index (χ2v) is 5.24. The SMILES string of the molecule is OC(Cc1cccc(F)c1Cl)c1ccc2ccccc2n1. The number of rotatable bonds is 3.